The van der Waals surface area contributed by atoms with Crippen LogP contribution in [0, 0.1) is 11.8 Å². The van der Waals surface area contributed by atoms with Crippen molar-refractivity contribution in [2.75, 3.05) is 25.1 Å². The van der Waals surface area contributed by atoms with Crippen molar-refractivity contribution in [2.24, 2.45) is 11.8 Å². The minimum Gasteiger partial charge on any atom is -0.492 e. The van der Waals surface area contributed by atoms with E-state index in [1.165, 1.54) is 6.42 Å². The third kappa shape index (κ3) is 6.31. The summed E-state index contributed by atoms with van der Waals surface area (Å²) in [4.78, 5) is 49.9. The Morgan fingerprint density at radius 1 is 1.16 bits per heavy atom. The monoisotopic (exact) mass is 589 g/mol. The number of anilines is 1. The van der Waals surface area contributed by atoms with Gasteiger partial charge in [-0.25, -0.2) is 4.98 Å². The van der Waals surface area contributed by atoms with E-state index >= 15 is 0 Å². The molecule has 2 N–H and O–H groups in total. The molecule has 226 valence electrons. The van der Waals surface area contributed by atoms with Crippen LogP contribution in [0.2, 0.25) is 0 Å². The molecule has 4 fully saturated rings. The summed E-state index contributed by atoms with van der Waals surface area (Å²) in [6.45, 7) is 4.76. The van der Waals surface area contributed by atoms with Crippen molar-refractivity contribution in [3.8, 4) is 11.5 Å². The average molecular weight is 590 g/mol. The molecular formula is C31H35N5O7. The van der Waals surface area contributed by atoms with E-state index in [4.69, 9.17) is 23.8 Å². The quantitative estimate of drug-likeness (QED) is 0.381. The van der Waals surface area contributed by atoms with Gasteiger partial charge in [-0.05, 0) is 68.6 Å². The van der Waals surface area contributed by atoms with E-state index < -0.39 is 0 Å². The molecular weight excluding hydrogens is 554 g/mol. The average Bonchev–Trinajstić information content (AvgIpc) is 3.74. The van der Waals surface area contributed by atoms with E-state index in [-0.39, 0.29) is 35.4 Å². The fraction of sp³-hybridized carbons (Fsp3) is 0.516. The third-order valence-corrected chi connectivity index (χ3v) is 9.29. The second-order valence-electron chi connectivity index (χ2n) is 12.1. The molecule has 0 radical (unpaired) electrons. The standard InChI is InChI=1S/C30H35N5O5.CO2/c1-19-12-20(19)16-38-22-13-24-23(31-15-22)3-5-27(37)35(24)11-10-30-8-6-29(7-9-30,18-40-30)32-14-21-2-4-25-28(33-21)34-26(36)17-39-25;2-1-3/h2-5,13,15,19-20,32H,6-12,14,16-18H2,1H3,(H,33,34,36);. The number of nitrogens with zero attached hydrogens (tertiary/aromatic N) is 3. The van der Waals surface area contributed by atoms with Gasteiger partial charge in [0.15, 0.2) is 18.2 Å². The predicted octanol–water partition coefficient (Wildman–Crippen LogP) is 2.84. The van der Waals surface area contributed by atoms with Crippen molar-refractivity contribution >= 4 is 28.9 Å². The lowest BCUT2D eigenvalue weighted by atomic mass is 9.70. The molecule has 3 aromatic rings. The molecule has 2 saturated heterocycles. The summed E-state index contributed by atoms with van der Waals surface area (Å²) in [7, 11) is 0. The van der Waals surface area contributed by atoms with Crippen LogP contribution < -0.4 is 25.7 Å². The van der Waals surface area contributed by atoms with Crippen LogP contribution in [-0.2, 0) is 32.2 Å². The zero-order valence-electron chi connectivity index (χ0n) is 24.1. The summed E-state index contributed by atoms with van der Waals surface area (Å²) >= 11 is 0. The molecule has 5 aliphatic rings. The maximum absolute atomic E-state index is 12.9. The summed E-state index contributed by atoms with van der Waals surface area (Å²) in [5.74, 6) is 2.95. The minimum absolute atomic E-state index is 0.0235. The van der Waals surface area contributed by atoms with Gasteiger partial charge in [-0.3, -0.25) is 14.6 Å². The van der Waals surface area contributed by atoms with Crippen LogP contribution in [0.15, 0.2) is 41.3 Å². The van der Waals surface area contributed by atoms with E-state index in [9.17, 15) is 9.59 Å². The van der Waals surface area contributed by atoms with Gasteiger partial charge in [-0.2, -0.15) is 9.59 Å². The van der Waals surface area contributed by atoms with E-state index in [2.05, 4.69) is 27.5 Å². The highest BCUT2D eigenvalue weighted by Crippen LogP contribution is 2.46. The number of aromatic nitrogens is 3. The van der Waals surface area contributed by atoms with Crippen LogP contribution >= 0.6 is 0 Å². The van der Waals surface area contributed by atoms with Crippen molar-refractivity contribution in [3.63, 3.8) is 0 Å². The smallest absolute Gasteiger partial charge is 0.373 e. The number of nitrogens with one attached hydrogen (secondary N) is 2. The van der Waals surface area contributed by atoms with Crippen molar-refractivity contribution in [1.29, 1.82) is 0 Å². The van der Waals surface area contributed by atoms with Crippen LogP contribution in [-0.4, -0.2) is 57.6 Å². The molecule has 2 bridgehead atoms. The minimum atomic E-state index is -0.222. The number of hydrogen-bond acceptors (Lipinski definition) is 10. The topological polar surface area (TPSA) is 151 Å². The number of hydrogen-bond donors (Lipinski definition) is 2. The fourth-order valence-electron chi connectivity index (χ4n) is 6.30. The van der Waals surface area contributed by atoms with Gasteiger partial charge in [-0.15, -0.1) is 0 Å². The van der Waals surface area contributed by atoms with Gasteiger partial charge in [0.25, 0.3) is 11.5 Å². The van der Waals surface area contributed by atoms with Crippen LogP contribution in [0.5, 0.6) is 11.5 Å². The second-order valence-corrected chi connectivity index (χ2v) is 12.1. The van der Waals surface area contributed by atoms with Crippen molar-refractivity contribution < 1.29 is 28.6 Å². The number of ether oxygens (including phenoxy) is 3. The van der Waals surface area contributed by atoms with E-state index in [0.717, 1.165) is 60.5 Å². The fourth-order valence-corrected chi connectivity index (χ4v) is 6.30. The number of aryl methyl sites for hydroxylation is 1. The van der Waals surface area contributed by atoms with Crippen LogP contribution in [0.25, 0.3) is 11.0 Å². The Balaban J connectivity index is 0.00000105. The Hall–Kier alpha value is -4.12. The highest BCUT2D eigenvalue weighted by molar-refractivity contribution is 5.94. The molecule has 6 heterocycles. The maximum atomic E-state index is 12.9. The van der Waals surface area contributed by atoms with Gasteiger partial charge >= 0.3 is 6.15 Å². The zero-order chi connectivity index (χ0) is 30.0. The predicted molar refractivity (Wildman–Crippen MR) is 153 cm³/mol. The first-order chi connectivity index (χ1) is 20.8. The van der Waals surface area contributed by atoms with Crippen LogP contribution in [0.4, 0.5) is 5.82 Å². The maximum Gasteiger partial charge on any atom is 0.373 e. The lowest BCUT2D eigenvalue weighted by Crippen LogP contribution is -2.61. The summed E-state index contributed by atoms with van der Waals surface area (Å²) in [5.41, 5.74) is 2.11. The first kappa shape index (κ1) is 29.0. The van der Waals surface area contributed by atoms with Crippen molar-refractivity contribution in [3.05, 3.63) is 52.6 Å². The summed E-state index contributed by atoms with van der Waals surface area (Å²) in [5, 5.41) is 6.47. The second kappa shape index (κ2) is 11.9. The molecule has 3 aromatic heterocycles. The van der Waals surface area contributed by atoms with E-state index in [0.29, 0.717) is 43.8 Å². The van der Waals surface area contributed by atoms with E-state index in [1.54, 1.807) is 18.3 Å². The van der Waals surface area contributed by atoms with Crippen molar-refractivity contribution in [2.45, 2.75) is 69.7 Å². The Morgan fingerprint density at radius 3 is 2.67 bits per heavy atom. The molecule has 8 rings (SSSR count). The summed E-state index contributed by atoms with van der Waals surface area (Å²) in [6, 6.07) is 9.13. The number of rotatable bonds is 9. The van der Waals surface area contributed by atoms with Crippen molar-refractivity contribution in [1.82, 2.24) is 19.9 Å². The Labute approximate surface area is 248 Å². The van der Waals surface area contributed by atoms with Crippen LogP contribution in [0.1, 0.15) is 51.1 Å². The summed E-state index contributed by atoms with van der Waals surface area (Å²) < 4.78 is 19.8. The van der Waals surface area contributed by atoms with E-state index in [1.807, 2.05) is 22.8 Å². The highest BCUT2D eigenvalue weighted by Gasteiger charge is 2.49. The number of pyridine rings is 3. The van der Waals surface area contributed by atoms with Gasteiger partial charge < -0.3 is 29.4 Å². The number of carbonyl (C=O) groups excluding carboxylic acids is 3. The Bertz CT molecular complexity index is 1590. The Kier molecular flexibility index (Phi) is 8.00. The van der Waals surface area contributed by atoms with Gasteiger partial charge in [0.1, 0.15) is 5.75 Å². The normalized spacial score (nSPS) is 26.8. The molecule has 3 aliphatic heterocycles. The molecule has 12 heteroatoms. The highest BCUT2D eigenvalue weighted by atomic mass is 16.5. The SMILES string of the molecule is CC1CC1COc1cnc2ccc(=O)n(CCC34CCC(NCc5ccc6c(n5)NC(=O)CO6)(CC3)CO4)c2c1.O=C=O. The first-order valence-corrected chi connectivity index (χ1v) is 14.7. The van der Waals surface area contributed by atoms with Gasteiger partial charge in [0, 0.05) is 30.8 Å². The van der Waals surface area contributed by atoms with Gasteiger partial charge in [-0.1, -0.05) is 6.92 Å². The zero-order valence-corrected chi connectivity index (χ0v) is 24.1. The molecule has 0 aromatic carbocycles. The lowest BCUT2D eigenvalue weighted by Gasteiger charge is -2.53. The molecule has 12 nitrogen and oxygen atoms in total. The lowest BCUT2D eigenvalue weighted by molar-refractivity contribution is -0.191. The number of carbonyl (C=O) groups is 1. The molecule has 43 heavy (non-hydrogen) atoms. The number of amides is 1. The third-order valence-electron chi connectivity index (χ3n) is 9.29. The van der Waals surface area contributed by atoms with Gasteiger partial charge in [0.2, 0.25) is 0 Å². The molecule has 1 amide bonds. The molecule has 2 unspecified atom stereocenters. The van der Waals surface area contributed by atoms with Crippen LogP contribution in [0.3, 0.4) is 0 Å². The Morgan fingerprint density at radius 2 is 1.95 bits per heavy atom. The largest absolute Gasteiger partial charge is 0.492 e. The molecule has 0 spiro atoms. The molecule has 2 aliphatic carbocycles. The van der Waals surface area contributed by atoms with Gasteiger partial charge in [0.05, 0.1) is 41.7 Å². The number of fused-ring (bicyclic) bond motifs is 5. The molecule has 2 atom stereocenters. The summed E-state index contributed by atoms with van der Waals surface area (Å²) in [6.07, 6.45) is 7.87. The molecule has 2 saturated carbocycles. The first-order valence-electron chi connectivity index (χ1n) is 14.7.